The first-order chi connectivity index (χ1) is 16.3. The van der Waals surface area contributed by atoms with Gasteiger partial charge in [-0.2, -0.15) is 0 Å². The Hall–Kier alpha value is -4.58. The Morgan fingerprint density at radius 3 is 2.44 bits per heavy atom. The van der Waals surface area contributed by atoms with Crippen LogP contribution in [0.25, 0.3) is 21.8 Å². The van der Waals surface area contributed by atoms with E-state index in [0.717, 1.165) is 17.0 Å². The smallest absolute Gasteiger partial charge is 0.276 e. The SMILES string of the molecule is CS(=O)(=O)c1cc(C(=O)Nc2ncc[nH]2)c2nc(NC(=O)c3cc4ccccc4cn3)[nH]c2c1. The lowest BCUT2D eigenvalue weighted by molar-refractivity contribution is 0.101. The maximum Gasteiger partial charge on any atom is 0.276 e. The minimum atomic E-state index is -3.64. The number of hydrogen-bond donors (Lipinski definition) is 4. The molecule has 0 atom stereocenters. The molecular formula is C22H17N7O4S. The highest BCUT2D eigenvalue weighted by Crippen LogP contribution is 2.25. The summed E-state index contributed by atoms with van der Waals surface area (Å²) in [6.07, 6.45) is 5.62. The zero-order valence-corrected chi connectivity index (χ0v) is 18.5. The number of hydrogen-bond acceptors (Lipinski definition) is 7. The number of nitrogens with one attached hydrogen (secondary N) is 4. The van der Waals surface area contributed by atoms with Crippen molar-refractivity contribution in [2.75, 3.05) is 16.9 Å². The summed E-state index contributed by atoms with van der Waals surface area (Å²) in [4.78, 5) is 43.6. The Bertz CT molecular complexity index is 1670. The zero-order chi connectivity index (χ0) is 23.9. The zero-order valence-electron chi connectivity index (χ0n) is 17.7. The highest BCUT2D eigenvalue weighted by Gasteiger charge is 2.21. The summed E-state index contributed by atoms with van der Waals surface area (Å²) < 4.78 is 24.4. The minimum absolute atomic E-state index is 0.00472. The molecule has 0 saturated heterocycles. The fraction of sp³-hybridized carbons (Fsp3) is 0.0455. The fourth-order valence-corrected chi connectivity index (χ4v) is 4.09. The Morgan fingerprint density at radius 1 is 0.941 bits per heavy atom. The van der Waals surface area contributed by atoms with Crippen LogP contribution in [0.1, 0.15) is 20.8 Å². The molecule has 0 saturated carbocycles. The van der Waals surface area contributed by atoms with Gasteiger partial charge < -0.3 is 9.97 Å². The van der Waals surface area contributed by atoms with Gasteiger partial charge in [0.25, 0.3) is 11.8 Å². The Balaban J connectivity index is 1.52. The lowest BCUT2D eigenvalue weighted by atomic mass is 10.1. The van der Waals surface area contributed by atoms with E-state index in [1.54, 1.807) is 12.3 Å². The summed E-state index contributed by atoms with van der Waals surface area (Å²) in [6.45, 7) is 0. The lowest BCUT2D eigenvalue weighted by Crippen LogP contribution is -2.15. The predicted octanol–water partition coefficient (Wildman–Crippen LogP) is 2.74. The molecule has 3 aromatic heterocycles. The van der Waals surface area contributed by atoms with E-state index < -0.39 is 21.7 Å². The van der Waals surface area contributed by atoms with Crippen molar-refractivity contribution in [2.24, 2.45) is 0 Å². The van der Waals surface area contributed by atoms with Gasteiger partial charge >= 0.3 is 0 Å². The molecule has 11 nitrogen and oxygen atoms in total. The molecule has 170 valence electrons. The van der Waals surface area contributed by atoms with Gasteiger partial charge in [0.2, 0.25) is 11.9 Å². The van der Waals surface area contributed by atoms with Gasteiger partial charge in [-0.25, -0.2) is 18.4 Å². The number of nitrogens with zero attached hydrogens (tertiary/aromatic N) is 3. The van der Waals surface area contributed by atoms with Crippen molar-refractivity contribution in [1.29, 1.82) is 0 Å². The van der Waals surface area contributed by atoms with Crippen LogP contribution < -0.4 is 10.6 Å². The summed E-state index contributed by atoms with van der Waals surface area (Å²) >= 11 is 0. The number of aromatic amines is 2. The van der Waals surface area contributed by atoms with Crippen molar-refractivity contribution in [3.05, 3.63) is 72.3 Å². The van der Waals surface area contributed by atoms with Crippen molar-refractivity contribution in [2.45, 2.75) is 4.90 Å². The van der Waals surface area contributed by atoms with Gasteiger partial charge in [0.05, 0.1) is 16.0 Å². The molecule has 5 aromatic rings. The second kappa shape index (κ2) is 8.08. The molecular weight excluding hydrogens is 458 g/mol. The molecule has 0 aliphatic carbocycles. The first-order valence-electron chi connectivity index (χ1n) is 9.98. The topological polar surface area (TPSA) is 163 Å². The van der Waals surface area contributed by atoms with Crippen LogP contribution in [0.5, 0.6) is 0 Å². The first-order valence-corrected chi connectivity index (χ1v) is 11.9. The number of pyridine rings is 1. The number of imidazole rings is 2. The van der Waals surface area contributed by atoms with E-state index >= 15 is 0 Å². The van der Waals surface area contributed by atoms with Crippen LogP contribution in [0.2, 0.25) is 0 Å². The number of benzene rings is 2. The van der Waals surface area contributed by atoms with Crippen LogP contribution in [-0.2, 0) is 9.84 Å². The largest absolute Gasteiger partial charge is 0.331 e. The average Bonchev–Trinajstić information content (AvgIpc) is 3.46. The number of aromatic nitrogens is 5. The molecule has 34 heavy (non-hydrogen) atoms. The highest BCUT2D eigenvalue weighted by molar-refractivity contribution is 7.90. The number of amides is 2. The molecule has 0 radical (unpaired) electrons. The van der Waals surface area contributed by atoms with Gasteiger partial charge in [0.1, 0.15) is 11.2 Å². The van der Waals surface area contributed by atoms with Gasteiger partial charge in [0, 0.05) is 30.2 Å². The lowest BCUT2D eigenvalue weighted by Gasteiger charge is -2.05. The summed E-state index contributed by atoms with van der Waals surface area (Å²) in [5, 5.41) is 6.91. The van der Waals surface area contributed by atoms with E-state index in [0.29, 0.717) is 0 Å². The maximum absolute atomic E-state index is 12.9. The molecule has 0 aliphatic rings. The van der Waals surface area contributed by atoms with E-state index in [1.807, 2.05) is 24.3 Å². The van der Waals surface area contributed by atoms with Gasteiger partial charge in [-0.3, -0.25) is 25.2 Å². The molecule has 2 amide bonds. The number of anilines is 2. The standard InChI is InChI=1S/C22H17N7O4S/c1-34(32,33)14-9-15(19(30)28-21-23-6-7-24-21)18-16(10-14)26-22(27-18)29-20(31)17-8-12-4-2-3-5-13(12)11-25-17/h2-11H,1H3,(H2,23,24,28,30)(H2,26,27,29,31). The van der Waals surface area contributed by atoms with Gasteiger partial charge in [-0.05, 0) is 23.6 Å². The third kappa shape index (κ3) is 4.09. The number of H-pyrrole nitrogens is 2. The van der Waals surface area contributed by atoms with Crippen LogP contribution in [0.15, 0.2) is 66.0 Å². The van der Waals surface area contributed by atoms with Crippen LogP contribution in [-0.4, -0.2) is 51.4 Å². The first kappa shape index (κ1) is 21.3. The molecule has 0 spiro atoms. The molecule has 5 rings (SSSR count). The average molecular weight is 475 g/mol. The van der Waals surface area contributed by atoms with Crippen LogP contribution >= 0.6 is 0 Å². The van der Waals surface area contributed by atoms with Crippen molar-refractivity contribution in [1.82, 2.24) is 24.9 Å². The number of rotatable bonds is 5. The summed E-state index contributed by atoms with van der Waals surface area (Å²) in [7, 11) is -3.64. The second-order valence-corrected chi connectivity index (χ2v) is 9.50. The van der Waals surface area contributed by atoms with E-state index in [-0.39, 0.29) is 39.1 Å². The van der Waals surface area contributed by atoms with Crippen molar-refractivity contribution < 1.29 is 18.0 Å². The minimum Gasteiger partial charge on any atom is -0.331 e. The molecule has 0 aliphatic heterocycles. The molecule has 3 heterocycles. The van der Waals surface area contributed by atoms with E-state index in [2.05, 4.69) is 35.6 Å². The monoisotopic (exact) mass is 475 g/mol. The van der Waals surface area contributed by atoms with Gasteiger partial charge in [-0.1, -0.05) is 24.3 Å². The Labute approximate surface area is 192 Å². The molecule has 0 bridgehead atoms. The van der Waals surface area contributed by atoms with Crippen LogP contribution in [0, 0.1) is 0 Å². The molecule has 2 aromatic carbocycles. The number of fused-ring (bicyclic) bond motifs is 2. The second-order valence-electron chi connectivity index (χ2n) is 7.49. The third-order valence-corrected chi connectivity index (χ3v) is 6.15. The maximum atomic E-state index is 12.9. The number of carbonyl (C=O) groups excluding carboxylic acids is 2. The number of carbonyl (C=O) groups is 2. The van der Waals surface area contributed by atoms with Crippen molar-refractivity contribution in [3.8, 4) is 0 Å². The summed E-state index contributed by atoms with van der Waals surface area (Å²) in [6, 6.07) is 11.7. The normalized spacial score (nSPS) is 11.6. The van der Waals surface area contributed by atoms with Crippen molar-refractivity contribution >= 4 is 55.4 Å². The van der Waals surface area contributed by atoms with Crippen LogP contribution in [0.3, 0.4) is 0 Å². The van der Waals surface area contributed by atoms with E-state index in [9.17, 15) is 18.0 Å². The van der Waals surface area contributed by atoms with Gasteiger partial charge in [0.15, 0.2) is 9.84 Å². The molecule has 0 unspecified atom stereocenters. The summed E-state index contributed by atoms with van der Waals surface area (Å²) in [5.74, 6) is -0.914. The third-order valence-electron chi connectivity index (χ3n) is 5.06. The Kier molecular flexibility index (Phi) is 5.06. The number of sulfone groups is 1. The summed E-state index contributed by atoms with van der Waals surface area (Å²) in [5.41, 5.74) is 0.606. The Morgan fingerprint density at radius 2 is 1.71 bits per heavy atom. The fourth-order valence-electron chi connectivity index (χ4n) is 3.43. The molecule has 0 fully saturated rings. The molecule has 12 heteroatoms. The van der Waals surface area contributed by atoms with Crippen LogP contribution in [0.4, 0.5) is 11.9 Å². The molecule has 4 N–H and O–H groups in total. The predicted molar refractivity (Wildman–Crippen MR) is 125 cm³/mol. The highest BCUT2D eigenvalue weighted by atomic mass is 32.2. The quantitative estimate of drug-likeness (QED) is 0.304. The van der Waals surface area contributed by atoms with Gasteiger partial charge in [-0.15, -0.1) is 0 Å². The van der Waals surface area contributed by atoms with E-state index in [4.69, 9.17) is 0 Å². The van der Waals surface area contributed by atoms with Crippen molar-refractivity contribution in [3.63, 3.8) is 0 Å². The van der Waals surface area contributed by atoms with E-state index in [1.165, 1.54) is 24.5 Å².